The van der Waals surface area contributed by atoms with E-state index in [1.54, 1.807) is 10.4 Å². The van der Waals surface area contributed by atoms with Gasteiger partial charge in [0.05, 0.1) is 15.5 Å². The molecule has 0 bridgehead atoms. The van der Waals surface area contributed by atoms with Gasteiger partial charge in [-0.3, -0.25) is 0 Å². The van der Waals surface area contributed by atoms with Crippen LogP contribution in [0.2, 0.25) is 42.8 Å². The first-order valence-electron chi connectivity index (χ1n) is 11.0. The minimum atomic E-state index is -2.07. The molecule has 0 saturated carbocycles. The smallest absolute Gasteiger partial charge is 0.130 e. The van der Waals surface area contributed by atoms with Gasteiger partial charge in [-0.05, 0) is 20.4 Å². The Balaban J connectivity index is 3.10. The van der Waals surface area contributed by atoms with Crippen molar-refractivity contribution in [2.75, 3.05) is 0 Å². The van der Waals surface area contributed by atoms with Crippen molar-refractivity contribution in [3.05, 3.63) is 60.7 Å². The van der Waals surface area contributed by atoms with E-state index in [-0.39, 0.29) is 11.6 Å². The van der Waals surface area contributed by atoms with Crippen molar-refractivity contribution >= 4 is 40.2 Å². The van der Waals surface area contributed by atoms with Gasteiger partial charge < -0.3 is 0 Å². The molecule has 4 heteroatoms. The largest absolute Gasteiger partial charge is 0.141 e. The van der Waals surface area contributed by atoms with Crippen LogP contribution in [0, 0.1) is 0 Å². The zero-order valence-corrected chi connectivity index (χ0v) is 24.6. The van der Waals surface area contributed by atoms with Crippen LogP contribution in [0.15, 0.2) is 60.7 Å². The second-order valence-corrected chi connectivity index (χ2v) is 43.2. The first kappa shape index (κ1) is 24.8. The van der Waals surface area contributed by atoms with Crippen LogP contribution in [0.25, 0.3) is 0 Å². The van der Waals surface area contributed by atoms with Crippen LogP contribution in [-0.2, 0) is 0 Å². The first-order valence-corrected chi connectivity index (χ1v) is 23.4. The average molecular weight is 459 g/mol. The number of benzene rings is 2. The fraction of sp³-hybridized carbons (Fsp3) is 0.520. The molecule has 0 heterocycles. The van der Waals surface area contributed by atoms with Gasteiger partial charge in [-0.15, -0.1) is 6.57 Å². The Morgan fingerprint density at radius 1 is 0.552 bits per heavy atom. The lowest BCUT2D eigenvalue weighted by Crippen LogP contribution is -2.69. The molecule has 0 saturated heterocycles. The van der Waals surface area contributed by atoms with Crippen molar-refractivity contribution in [1.29, 1.82) is 0 Å². The summed E-state index contributed by atoms with van der Waals surface area (Å²) in [6.07, 6.45) is 0. The maximum Gasteiger partial charge on any atom is 0.141 e. The molecular weight excluding hydrogens is 416 g/mol. The van der Waals surface area contributed by atoms with Gasteiger partial charge in [0, 0.05) is 0 Å². The van der Waals surface area contributed by atoms with Crippen LogP contribution in [0.3, 0.4) is 0 Å². The number of hydrogen-bond acceptors (Lipinski definition) is 0. The fourth-order valence-electron chi connectivity index (χ4n) is 5.08. The second kappa shape index (κ2) is 8.22. The standard InChI is InChI=1S/C25H43PSi3/c1-24(2,3)28(10,11)26(27(7,8)9)29(25(4,5)6,22-18-14-12-15-19-22)23-20-16-13-17-21-23/h12-21H,1-11H3. The van der Waals surface area contributed by atoms with E-state index in [9.17, 15) is 0 Å². The molecule has 0 amide bonds. The van der Waals surface area contributed by atoms with Gasteiger partial charge >= 0.3 is 0 Å². The lowest BCUT2D eigenvalue weighted by Gasteiger charge is -2.61. The van der Waals surface area contributed by atoms with Crippen LogP contribution in [0.4, 0.5) is 0 Å². The minimum absolute atomic E-state index is 0.105. The SMILES string of the molecule is CC(C)(C)[Si](C)(C)P([Si](C)(C)C)[Si](c1ccccc1)(c1ccccc1)C(C)(C)C. The van der Waals surface area contributed by atoms with Crippen LogP contribution in [-0.4, -0.2) is 23.2 Å². The summed E-state index contributed by atoms with van der Waals surface area (Å²) in [4.78, 5) is 0. The summed E-state index contributed by atoms with van der Waals surface area (Å²) in [6, 6.07) is 23.5. The van der Waals surface area contributed by atoms with E-state index in [1.807, 2.05) is 0 Å². The zero-order chi connectivity index (χ0) is 22.3. The van der Waals surface area contributed by atoms with Crippen molar-refractivity contribution in [2.45, 2.75) is 84.4 Å². The number of rotatable bonds is 5. The van der Waals surface area contributed by atoms with Crippen LogP contribution in [0.1, 0.15) is 41.5 Å². The van der Waals surface area contributed by atoms with E-state index in [4.69, 9.17) is 0 Å². The van der Waals surface area contributed by atoms with E-state index in [1.165, 1.54) is 0 Å². The zero-order valence-electron chi connectivity index (χ0n) is 20.7. The normalized spacial score (nSPS) is 15.3. The highest BCUT2D eigenvalue weighted by molar-refractivity contribution is 8.39. The summed E-state index contributed by atoms with van der Waals surface area (Å²) < 4.78 is 0. The van der Waals surface area contributed by atoms with Crippen molar-refractivity contribution < 1.29 is 0 Å². The Kier molecular flexibility index (Phi) is 7.03. The maximum atomic E-state index is 2.73. The molecule has 0 N–H and O–H groups in total. The van der Waals surface area contributed by atoms with Gasteiger partial charge in [-0.2, -0.15) is 0 Å². The number of hydrogen-bond donors (Lipinski definition) is 0. The van der Waals surface area contributed by atoms with E-state index < -0.39 is 23.2 Å². The molecule has 1 atom stereocenters. The highest BCUT2D eigenvalue weighted by Gasteiger charge is 2.63. The molecule has 2 rings (SSSR count). The molecule has 0 radical (unpaired) electrons. The second-order valence-electron chi connectivity index (χ2n) is 12.0. The molecule has 160 valence electrons. The van der Waals surface area contributed by atoms with Crippen LogP contribution >= 0.6 is 6.57 Å². The fourth-order valence-corrected chi connectivity index (χ4v) is 79.3. The molecule has 0 spiro atoms. The Labute approximate surface area is 184 Å². The van der Waals surface area contributed by atoms with E-state index in [0.717, 1.165) is 0 Å². The molecule has 0 aliphatic carbocycles. The third kappa shape index (κ3) is 4.44. The molecule has 29 heavy (non-hydrogen) atoms. The van der Waals surface area contributed by atoms with Crippen molar-refractivity contribution in [3.8, 4) is 0 Å². The van der Waals surface area contributed by atoms with Crippen molar-refractivity contribution in [2.24, 2.45) is 0 Å². The third-order valence-electron chi connectivity index (χ3n) is 6.87. The third-order valence-corrected chi connectivity index (χ3v) is 61.3. The van der Waals surface area contributed by atoms with Crippen LogP contribution < -0.4 is 10.4 Å². The van der Waals surface area contributed by atoms with Gasteiger partial charge in [0.15, 0.2) is 0 Å². The summed E-state index contributed by atoms with van der Waals surface area (Å²) in [6.45, 7) is 28.7. The molecule has 0 aliphatic rings. The van der Waals surface area contributed by atoms with E-state index in [0.29, 0.717) is 5.04 Å². The van der Waals surface area contributed by atoms with Gasteiger partial charge in [0.2, 0.25) is 0 Å². The molecular formula is C25H43PSi3. The summed E-state index contributed by atoms with van der Waals surface area (Å²) in [5, 5.41) is 3.98. The molecule has 0 nitrogen and oxygen atoms in total. The molecule has 0 aromatic heterocycles. The Hall–Kier alpha value is -0.479. The lowest BCUT2D eigenvalue weighted by atomic mass is 10.2. The molecule has 2 aromatic carbocycles. The molecule has 0 fully saturated rings. The quantitative estimate of drug-likeness (QED) is 0.316. The molecule has 2 aromatic rings. The van der Waals surface area contributed by atoms with Crippen molar-refractivity contribution in [1.82, 2.24) is 0 Å². The lowest BCUT2D eigenvalue weighted by molar-refractivity contribution is 0.734. The average Bonchev–Trinajstić information content (AvgIpc) is 2.57. The van der Waals surface area contributed by atoms with Gasteiger partial charge in [0.1, 0.15) is 7.74 Å². The first-order chi connectivity index (χ1) is 13.1. The summed E-state index contributed by atoms with van der Waals surface area (Å²) in [5.41, 5.74) is 0. The Morgan fingerprint density at radius 2 is 0.897 bits per heavy atom. The van der Waals surface area contributed by atoms with E-state index >= 15 is 0 Å². The van der Waals surface area contributed by atoms with Gasteiger partial charge in [-0.25, -0.2) is 0 Å². The predicted molar refractivity (Wildman–Crippen MR) is 145 cm³/mol. The van der Waals surface area contributed by atoms with Crippen LogP contribution in [0.5, 0.6) is 0 Å². The highest BCUT2D eigenvalue weighted by Crippen LogP contribution is 2.71. The molecule has 1 unspecified atom stereocenters. The summed E-state index contributed by atoms with van der Waals surface area (Å²) in [5.74, 6) is 0. The van der Waals surface area contributed by atoms with E-state index in [2.05, 4.69) is 135 Å². The summed E-state index contributed by atoms with van der Waals surface area (Å²) >= 11 is 0. The summed E-state index contributed by atoms with van der Waals surface area (Å²) in [7, 11) is -5.12. The minimum Gasteiger partial charge on any atom is -0.130 e. The van der Waals surface area contributed by atoms with Gasteiger partial charge in [-0.1, -0.05) is 135 Å². The Morgan fingerprint density at radius 3 is 1.14 bits per heavy atom. The highest BCUT2D eigenvalue weighted by atomic mass is 31.8. The van der Waals surface area contributed by atoms with Crippen molar-refractivity contribution in [3.63, 3.8) is 0 Å². The monoisotopic (exact) mass is 458 g/mol. The Bertz CT molecular complexity index is 754. The topological polar surface area (TPSA) is 0 Å². The molecule has 0 aliphatic heterocycles. The predicted octanol–water partition coefficient (Wildman–Crippen LogP) is 7.87. The maximum absolute atomic E-state index is 2.73. The van der Waals surface area contributed by atoms with Gasteiger partial charge in [0.25, 0.3) is 0 Å².